The highest BCUT2D eigenvalue weighted by Gasteiger charge is 2.19. The van der Waals surface area contributed by atoms with Gasteiger partial charge in [0.15, 0.2) is 0 Å². The summed E-state index contributed by atoms with van der Waals surface area (Å²) in [6.07, 6.45) is 0.566. The Bertz CT molecular complexity index is 163. The van der Waals surface area contributed by atoms with Crippen LogP contribution < -0.4 is 5.32 Å². The first-order valence-electron chi connectivity index (χ1n) is 4.70. The highest BCUT2D eigenvalue weighted by molar-refractivity contribution is 9.09. The minimum absolute atomic E-state index is 0.132. The van der Waals surface area contributed by atoms with Crippen molar-refractivity contribution in [3.63, 3.8) is 0 Å². The zero-order chi connectivity index (χ0) is 10.5. The largest absolute Gasteiger partial charge is 0.356 e. The van der Waals surface area contributed by atoms with Crippen LogP contribution in [0.25, 0.3) is 0 Å². The number of rotatable bonds is 4. The maximum atomic E-state index is 11.1. The summed E-state index contributed by atoms with van der Waals surface area (Å²) in [4.78, 5) is 11.1. The SMILES string of the molecule is CC(CNC(=O)CCBr)C(C)(C)C. The van der Waals surface area contributed by atoms with E-state index in [-0.39, 0.29) is 11.3 Å². The van der Waals surface area contributed by atoms with E-state index >= 15 is 0 Å². The third kappa shape index (κ3) is 6.08. The van der Waals surface area contributed by atoms with Crippen LogP contribution in [0, 0.1) is 11.3 Å². The molecule has 0 bridgehead atoms. The Kier molecular flexibility index (Phi) is 5.61. The maximum Gasteiger partial charge on any atom is 0.220 e. The standard InChI is InChI=1S/C10H20BrNO/c1-8(10(2,3)4)7-12-9(13)5-6-11/h8H,5-7H2,1-4H3,(H,12,13). The molecule has 3 heteroatoms. The summed E-state index contributed by atoms with van der Waals surface area (Å²) >= 11 is 3.24. The summed E-state index contributed by atoms with van der Waals surface area (Å²) in [7, 11) is 0. The third-order valence-electron chi connectivity index (χ3n) is 2.41. The van der Waals surface area contributed by atoms with Crippen LogP contribution in [-0.4, -0.2) is 17.8 Å². The molecule has 0 aromatic carbocycles. The molecule has 0 fully saturated rings. The molecule has 0 saturated heterocycles. The van der Waals surface area contributed by atoms with Crippen LogP contribution >= 0.6 is 15.9 Å². The van der Waals surface area contributed by atoms with Crippen molar-refractivity contribution in [3.8, 4) is 0 Å². The smallest absolute Gasteiger partial charge is 0.220 e. The van der Waals surface area contributed by atoms with Gasteiger partial charge in [-0.1, -0.05) is 43.6 Å². The maximum absolute atomic E-state index is 11.1. The van der Waals surface area contributed by atoms with Gasteiger partial charge in [-0.05, 0) is 11.3 Å². The summed E-state index contributed by atoms with van der Waals surface area (Å²) in [6.45, 7) is 9.50. The number of alkyl halides is 1. The van der Waals surface area contributed by atoms with Crippen LogP contribution in [0.3, 0.4) is 0 Å². The summed E-state index contributed by atoms with van der Waals surface area (Å²) in [5.41, 5.74) is 0.266. The highest BCUT2D eigenvalue weighted by atomic mass is 79.9. The summed E-state index contributed by atoms with van der Waals surface area (Å²) < 4.78 is 0. The number of carbonyl (C=O) groups excluding carboxylic acids is 1. The molecule has 0 radical (unpaired) electrons. The summed E-state index contributed by atoms with van der Waals surface area (Å²) in [5, 5.41) is 3.66. The Balaban J connectivity index is 3.70. The zero-order valence-corrected chi connectivity index (χ0v) is 10.6. The van der Waals surface area contributed by atoms with E-state index < -0.39 is 0 Å². The average Bonchev–Trinajstić information content (AvgIpc) is 1.99. The quantitative estimate of drug-likeness (QED) is 0.763. The van der Waals surface area contributed by atoms with E-state index in [4.69, 9.17) is 0 Å². The Morgan fingerprint density at radius 2 is 2.00 bits per heavy atom. The van der Waals surface area contributed by atoms with Gasteiger partial charge >= 0.3 is 0 Å². The predicted octanol–water partition coefficient (Wildman–Crippen LogP) is 2.57. The predicted molar refractivity (Wildman–Crippen MR) is 60.0 cm³/mol. The molecule has 1 atom stereocenters. The fourth-order valence-corrected chi connectivity index (χ4v) is 1.11. The molecule has 2 nitrogen and oxygen atoms in total. The molecule has 0 aromatic rings. The van der Waals surface area contributed by atoms with E-state index in [1.54, 1.807) is 0 Å². The van der Waals surface area contributed by atoms with Crippen molar-refractivity contribution in [2.45, 2.75) is 34.1 Å². The van der Waals surface area contributed by atoms with E-state index in [2.05, 4.69) is 48.9 Å². The molecule has 0 heterocycles. The van der Waals surface area contributed by atoms with E-state index in [9.17, 15) is 4.79 Å². The first-order chi connectivity index (χ1) is 5.88. The molecule has 0 aliphatic carbocycles. The van der Waals surface area contributed by atoms with E-state index in [0.29, 0.717) is 12.3 Å². The molecule has 0 spiro atoms. The monoisotopic (exact) mass is 249 g/mol. The number of carbonyl (C=O) groups is 1. The molecule has 1 unspecified atom stereocenters. The van der Waals surface area contributed by atoms with Gasteiger partial charge in [-0.2, -0.15) is 0 Å². The van der Waals surface area contributed by atoms with Crippen LogP contribution in [0.4, 0.5) is 0 Å². The molecular formula is C10H20BrNO. The van der Waals surface area contributed by atoms with E-state index in [0.717, 1.165) is 11.9 Å². The Morgan fingerprint density at radius 1 is 1.46 bits per heavy atom. The van der Waals surface area contributed by atoms with Crippen molar-refractivity contribution in [2.75, 3.05) is 11.9 Å². The van der Waals surface area contributed by atoms with Crippen LogP contribution in [0.2, 0.25) is 0 Å². The van der Waals surface area contributed by atoms with Crippen LogP contribution in [0.1, 0.15) is 34.1 Å². The Morgan fingerprint density at radius 3 is 2.38 bits per heavy atom. The van der Waals surface area contributed by atoms with Gasteiger partial charge in [-0.25, -0.2) is 0 Å². The van der Waals surface area contributed by atoms with Gasteiger partial charge in [-0.15, -0.1) is 0 Å². The molecular weight excluding hydrogens is 230 g/mol. The second-order valence-corrected chi connectivity index (χ2v) is 5.30. The minimum atomic E-state index is 0.132. The first-order valence-corrected chi connectivity index (χ1v) is 5.82. The van der Waals surface area contributed by atoms with Crippen molar-refractivity contribution >= 4 is 21.8 Å². The van der Waals surface area contributed by atoms with Crippen LogP contribution in [0.5, 0.6) is 0 Å². The average molecular weight is 250 g/mol. The number of hydrogen-bond acceptors (Lipinski definition) is 1. The first kappa shape index (κ1) is 12.9. The van der Waals surface area contributed by atoms with Gasteiger partial charge in [0.1, 0.15) is 0 Å². The number of amides is 1. The fraction of sp³-hybridized carbons (Fsp3) is 0.900. The molecule has 0 saturated carbocycles. The molecule has 0 rings (SSSR count). The topological polar surface area (TPSA) is 29.1 Å². The molecule has 1 N–H and O–H groups in total. The van der Waals surface area contributed by atoms with E-state index in [1.165, 1.54) is 0 Å². The Labute approximate surface area is 89.6 Å². The summed E-state index contributed by atoms with van der Waals surface area (Å²) in [6, 6.07) is 0. The zero-order valence-electron chi connectivity index (χ0n) is 8.98. The second-order valence-electron chi connectivity index (χ2n) is 4.51. The molecule has 0 aliphatic heterocycles. The number of hydrogen-bond donors (Lipinski definition) is 1. The molecule has 0 aliphatic rings. The van der Waals surface area contributed by atoms with Gasteiger partial charge in [-0.3, -0.25) is 4.79 Å². The van der Waals surface area contributed by atoms with Crippen LogP contribution in [-0.2, 0) is 4.79 Å². The van der Waals surface area contributed by atoms with Gasteiger partial charge < -0.3 is 5.32 Å². The second kappa shape index (κ2) is 5.63. The fourth-order valence-electron chi connectivity index (χ4n) is 0.747. The molecule has 78 valence electrons. The lowest BCUT2D eigenvalue weighted by Gasteiger charge is -2.27. The van der Waals surface area contributed by atoms with Crippen molar-refractivity contribution in [1.29, 1.82) is 0 Å². The van der Waals surface area contributed by atoms with Crippen molar-refractivity contribution in [3.05, 3.63) is 0 Å². The summed E-state index contributed by atoms with van der Waals surface area (Å²) in [5.74, 6) is 0.639. The molecule has 0 aromatic heterocycles. The van der Waals surface area contributed by atoms with Gasteiger partial charge in [0.2, 0.25) is 5.91 Å². The van der Waals surface area contributed by atoms with Crippen LogP contribution in [0.15, 0.2) is 0 Å². The minimum Gasteiger partial charge on any atom is -0.356 e. The molecule has 13 heavy (non-hydrogen) atoms. The molecule has 1 amide bonds. The van der Waals surface area contributed by atoms with E-state index in [1.807, 2.05) is 0 Å². The van der Waals surface area contributed by atoms with Gasteiger partial charge in [0.25, 0.3) is 0 Å². The lowest BCUT2D eigenvalue weighted by molar-refractivity contribution is -0.120. The number of nitrogens with one attached hydrogen (secondary N) is 1. The Hall–Kier alpha value is -0.0500. The normalized spacial score (nSPS) is 13.9. The van der Waals surface area contributed by atoms with Gasteiger partial charge in [0, 0.05) is 18.3 Å². The van der Waals surface area contributed by atoms with Crippen molar-refractivity contribution < 1.29 is 4.79 Å². The third-order valence-corrected chi connectivity index (χ3v) is 2.80. The van der Waals surface area contributed by atoms with Crippen molar-refractivity contribution in [1.82, 2.24) is 5.32 Å². The lowest BCUT2D eigenvalue weighted by atomic mass is 9.82. The number of halogens is 1. The van der Waals surface area contributed by atoms with Crippen molar-refractivity contribution in [2.24, 2.45) is 11.3 Å². The lowest BCUT2D eigenvalue weighted by Crippen LogP contribution is -2.33. The highest BCUT2D eigenvalue weighted by Crippen LogP contribution is 2.24. The van der Waals surface area contributed by atoms with Gasteiger partial charge in [0.05, 0.1) is 0 Å².